The van der Waals surface area contributed by atoms with Crippen molar-refractivity contribution in [2.24, 2.45) is 0 Å². The largest absolute Gasteiger partial charge is 0.487 e. The Bertz CT molecular complexity index is 277. The average Bonchev–Trinajstić information content (AvgIpc) is 2.16. The molecule has 0 spiro atoms. The van der Waals surface area contributed by atoms with E-state index in [4.69, 9.17) is 21.1 Å². The molecule has 0 amide bonds. The first-order chi connectivity index (χ1) is 6.16. The first kappa shape index (κ1) is 10.2. The molecular formula is C10H13ClO2. The molecule has 1 fully saturated rings. The van der Waals surface area contributed by atoms with Gasteiger partial charge in [-0.15, -0.1) is 0 Å². The fraction of sp³-hybridized carbons (Fsp3) is 0.400. The van der Waals surface area contributed by atoms with E-state index in [0.29, 0.717) is 29.8 Å². The summed E-state index contributed by atoms with van der Waals surface area (Å²) in [5, 5.41) is 0.668. The normalized spacial score (nSPS) is 22.1. The summed E-state index contributed by atoms with van der Waals surface area (Å²) in [6.45, 7) is 8.62. The average molecular weight is 201 g/mol. The van der Waals surface area contributed by atoms with E-state index in [0.717, 1.165) is 5.57 Å². The van der Waals surface area contributed by atoms with E-state index < -0.39 is 0 Å². The van der Waals surface area contributed by atoms with Crippen molar-refractivity contribution >= 4 is 11.6 Å². The second-order valence-electron chi connectivity index (χ2n) is 2.71. The van der Waals surface area contributed by atoms with Crippen LogP contribution in [0.1, 0.15) is 13.8 Å². The van der Waals surface area contributed by atoms with E-state index in [1.165, 1.54) is 0 Å². The highest BCUT2D eigenvalue weighted by atomic mass is 35.5. The standard InChI is InChI=1S/C10H13ClO2/c1-4-9(11)7(2)10-8(3)12-5-6-13-10/h4H,3,5-6H2,1-2H3/b9-4+,10-7+. The molecule has 3 heteroatoms. The van der Waals surface area contributed by atoms with Crippen LogP contribution in [-0.2, 0) is 9.47 Å². The quantitative estimate of drug-likeness (QED) is 0.648. The third-order valence-electron chi connectivity index (χ3n) is 1.81. The summed E-state index contributed by atoms with van der Waals surface area (Å²) in [5.41, 5.74) is 0.869. The second kappa shape index (κ2) is 4.38. The Hall–Kier alpha value is -0.890. The minimum atomic E-state index is 0.555. The van der Waals surface area contributed by atoms with E-state index in [1.807, 2.05) is 19.9 Å². The predicted octanol–water partition coefficient (Wildman–Crippen LogP) is 2.96. The molecule has 0 aromatic carbocycles. The van der Waals surface area contributed by atoms with Crippen LogP contribution < -0.4 is 0 Å². The summed E-state index contributed by atoms with van der Waals surface area (Å²) in [4.78, 5) is 0. The van der Waals surface area contributed by atoms with Crippen molar-refractivity contribution in [3.05, 3.63) is 34.8 Å². The predicted molar refractivity (Wildman–Crippen MR) is 53.4 cm³/mol. The van der Waals surface area contributed by atoms with Gasteiger partial charge in [-0.05, 0) is 13.8 Å². The molecule has 2 nitrogen and oxygen atoms in total. The molecule has 0 radical (unpaired) electrons. The van der Waals surface area contributed by atoms with Gasteiger partial charge < -0.3 is 9.47 Å². The molecule has 1 aliphatic rings. The van der Waals surface area contributed by atoms with Crippen LogP contribution in [0.3, 0.4) is 0 Å². The van der Waals surface area contributed by atoms with Crippen molar-refractivity contribution in [1.82, 2.24) is 0 Å². The lowest BCUT2D eigenvalue weighted by atomic mass is 10.2. The maximum Gasteiger partial charge on any atom is 0.165 e. The Kier molecular flexibility index (Phi) is 3.43. The summed E-state index contributed by atoms with van der Waals surface area (Å²) in [6, 6.07) is 0. The van der Waals surface area contributed by atoms with Crippen LogP contribution in [0.15, 0.2) is 34.8 Å². The zero-order valence-corrected chi connectivity index (χ0v) is 8.65. The highest BCUT2D eigenvalue weighted by Crippen LogP contribution is 2.26. The van der Waals surface area contributed by atoms with E-state index in [-0.39, 0.29) is 0 Å². The maximum absolute atomic E-state index is 5.94. The Morgan fingerprint density at radius 1 is 1.46 bits per heavy atom. The molecule has 72 valence electrons. The van der Waals surface area contributed by atoms with Gasteiger partial charge in [0.15, 0.2) is 11.5 Å². The van der Waals surface area contributed by atoms with Gasteiger partial charge in [0.05, 0.1) is 0 Å². The lowest BCUT2D eigenvalue weighted by Crippen LogP contribution is -2.14. The molecule has 1 heterocycles. The first-order valence-corrected chi connectivity index (χ1v) is 4.52. The molecule has 0 aromatic heterocycles. The fourth-order valence-corrected chi connectivity index (χ4v) is 1.18. The van der Waals surface area contributed by atoms with Crippen molar-refractivity contribution in [3.63, 3.8) is 0 Å². The first-order valence-electron chi connectivity index (χ1n) is 4.14. The van der Waals surface area contributed by atoms with Gasteiger partial charge in [-0.1, -0.05) is 24.3 Å². The van der Waals surface area contributed by atoms with Crippen molar-refractivity contribution in [1.29, 1.82) is 0 Å². The van der Waals surface area contributed by atoms with Gasteiger partial charge in [0, 0.05) is 10.6 Å². The monoisotopic (exact) mass is 200 g/mol. The Balaban J connectivity index is 2.94. The molecule has 0 unspecified atom stereocenters. The van der Waals surface area contributed by atoms with Gasteiger partial charge in [0.2, 0.25) is 0 Å². The van der Waals surface area contributed by atoms with Crippen LogP contribution in [0.4, 0.5) is 0 Å². The molecule has 0 atom stereocenters. The molecule has 0 N–H and O–H groups in total. The Morgan fingerprint density at radius 2 is 2.08 bits per heavy atom. The molecule has 0 aliphatic carbocycles. The molecular weight excluding hydrogens is 188 g/mol. The van der Waals surface area contributed by atoms with E-state index in [2.05, 4.69) is 6.58 Å². The minimum absolute atomic E-state index is 0.555. The van der Waals surface area contributed by atoms with Crippen LogP contribution >= 0.6 is 11.6 Å². The SMILES string of the molecule is C=C1OCCO/C1=C(C)/C(Cl)=C\C. The van der Waals surface area contributed by atoms with Crippen LogP contribution in [0.25, 0.3) is 0 Å². The van der Waals surface area contributed by atoms with Gasteiger partial charge in [-0.25, -0.2) is 0 Å². The van der Waals surface area contributed by atoms with Crippen molar-refractivity contribution in [3.8, 4) is 0 Å². The van der Waals surface area contributed by atoms with Crippen LogP contribution in [0.5, 0.6) is 0 Å². The molecule has 0 bridgehead atoms. The summed E-state index contributed by atoms with van der Waals surface area (Å²) in [7, 11) is 0. The Morgan fingerprint density at radius 3 is 2.62 bits per heavy atom. The van der Waals surface area contributed by atoms with E-state index >= 15 is 0 Å². The number of hydrogen-bond acceptors (Lipinski definition) is 2. The number of ether oxygens (including phenoxy) is 2. The lowest BCUT2D eigenvalue weighted by molar-refractivity contribution is 0.0591. The molecule has 1 aliphatic heterocycles. The van der Waals surface area contributed by atoms with Crippen molar-refractivity contribution in [2.45, 2.75) is 13.8 Å². The zero-order chi connectivity index (χ0) is 9.84. The summed E-state index contributed by atoms with van der Waals surface area (Å²) in [5.74, 6) is 1.22. The number of hydrogen-bond donors (Lipinski definition) is 0. The van der Waals surface area contributed by atoms with E-state index in [9.17, 15) is 0 Å². The van der Waals surface area contributed by atoms with Gasteiger partial charge in [-0.2, -0.15) is 0 Å². The van der Waals surface area contributed by atoms with Crippen molar-refractivity contribution in [2.75, 3.05) is 13.2 Å². The van der Waals surface area contributed by atoms with Gasteiger partial charge in [-0.3, -0.25) is 0 Å². The number of halogens is 1. The van der Waals surface area contributed by atoms with Gasteiger partial charge >= 0.3 is 0 Å². The van der Waals surface area contributed by atoms with Crippen LogP contribution in [0, 0.1) is 0 Å². The smallest absolute Gasteiger partial charge is 0.165 e. The third kappa shape index (κ3) is 2.28. The number of rotatable bonds is 1. The topological polar surface area (TPSA) is 18.5 Å². The molecule has 0 aromatic rings. The minimum Gasteiger partial charge on any atom is -0.487 e. The van der Waals surface area contributed by atoms with Gasteiger partial charge in [0.1, 0.15) is 13.2 Å². The Labute approximate surface area is 83.5 Å². The van der Waals surface area contributed by atoms with Crippen LogP contribution in [0.2, 0.25) is 0 Å². The highest BCUT2D eigenvalue weighted by Gasteiger charge is 2.16. The van der Waals surface area contributed by atoms with Crippen molar-refractivity contribution < 1.29 is 9.47 Å². The zero-order valence-electron chi connectivity index (χ0n) is 7.89. The molecule has 13 heavy (non-hydrogen) atoms. The molecule has 1 rings (SSSR count). The highest BCUT2D eigenvalue weighted by molar-refractivity contribution is 6.31. The molecule has 0 saturated carbocycles. The van der Waals surface area contributed by atoms with Crippen LogP contribution in [-0.4, -0.2) is 13.2 Å². The summed E-state index contributed by atoms with van der Waals surface area (Å²) in [6.07, 6.45) is 1.81. The fourth-order valence-electron chi connectivity index (χ4n) is 1.10. The van der Waals surface area contributed by atoms with E-state index in [1.54, 1.807) is 0 Å². The van der Waals surface area contributed by atoms with Gasteiger partial charge in [0.25, 0.3) is 0 Å². The lowest BCUT2D eigenvalue weighted by Gasteiger charge is -2.21. The second-order valence-corrected chi connectivity index (χ2v) is 3.12. The maximum atomic E-state index is 5.94. The third-order valence-corrected chi connectivity index (χ3v) is 2.31. The summed E-state index contributed by atoms with van der Waals surface area (Å²) >= 11 is 5.94. The number of allylic oxidation sites excluding steroid dienone is 3. The molecule has 1 saturated heterocycles. The summed E-state index contributed by atoms with van der Waals surface area (Å²) < 4.78 is 10.6.